The van der Waals surface area contributed by atoms with Crippen LogP contribution in [0, 0.1) is 50.4 Å². The van der Waals surface area contributed by atoms with Gasteiger partial charge in [-0.3, -0.25) is 0 Å². The molecule has 268 valence electrons. The lowest BCUT2D eigenvalue weighted by atomic mass is 9.83. The summed E-state index contributed by atoms with van der Waals surface area (Å²) in [7, 11) is 0. The second kappa shape index (κ2) is 12.0. The van der Waals surface area contributed by atoms with E-state index in [9.17, 15) is 10.5 Å². The molecular formula is C51H39N5. The van der Waals surface area contributed by atoms with E-state index in [1.165, 1.54) is 22.3 Å². The summed E-state index contributed by atoms with van der Waals surface area (Å²) in [5, 5.41) is 29.9. The molecule has 0 aliphatic rings. The first-order valence-electron chi connectivity index (χ1n) is 19.1. The molecule has 0 aliphatic carbocycles. The summed E-state index contributed by atoms with van der Waals surface area (Å²) in [4.78, 5) is 0. The van der Waals surface area contributed by atoms with Gasteiger partial charge in [0.05, 0.1) is 50.1 Å². The Morgan fingerprint density at radius 2 is 0.750 bits per heavy atom. The van der Waals surface area contributed by atoms with Gasteiger partial charge in [0.1, 0.15) is 12.1 Å². The smallest absolute Gasteiger partial charge is 0.102 e. The van der Waals surface area contributed by atoms with Gasteiger partial charge in [-0.1, -0.05) is 82.9 Å². The summed E-state index contributed by atoms with van der Waals surface area (Å²) < 4.78 is 6.83. The third-order valence-electron chi connectivity index (χ3n) is 11.9. The molecule has 0 atom stereocenters. The zero-order valence-corrected chi connectivity index (χ0v) is 32.4. The largest absolute Gasteiger partial charge is 0.331 e. The Hall–Kier alpha value is -7.08. The summed E-state index contributed by atoms with van der Waals surface area (Å²) in [6.07, 6.45) is 0. The van der Waals surface area contributed by atoms with Gasteiger partial charge in [0.15, 0.2) is 0 Å². The summed E-state index contributed by atoms with van der Waals surface area (Å²) in [6, 6.07) is 50.6. The minimum Gasteiger partial charge on any atom is -0.331 e. The molecule has 10 rings (SSSR count). The third-order valence-corrected chi connectivity index (χ3v) is 11.9. The van der Waals surface area contributed by atoms with Crippen molar-refractivity contribution in [1.82, 2.24) is 13.7 Å². The monoisotopic (exact) mass is 721 g/mol. The maximum absolute atomic E-state index is 11.6. The molecule has 0 fully saturated rings. The standard InChI is InChI=1S/C51H39N5/c1-30-15-19-42-36(23-30)37-24-31(2)16-20-43(37)54(42)48-27-49(55-44-21-17-32(3)25-38(44)39-26-33(4)18-22-45(39)55)41(29-53)50(40(48)28-52)51(5,6)56-46-13-9-7-11-34(46)35-12-8-10-14-47(35)56/h7-27H,1-6H3. The van der Waals surface area contributed by atoms with Crippen LogP contribution in [-0.4, -0.2) is 13.7 Å². The molecule has 0 spiro atoms. The average Bonchev–Trinajstić information content (AvgIpc) is 3.82. The fourth-order valence-corrected chi connectivity index (χ4v) is 9.50. The van der Waals surface area contributed by atoms with Gasteiger partial charge in [-0.2, -0.15) is 10.5 Å². The van der Waals surface area contributed by atoms with Crippen LogP contribution in [0.4, 0.5) is 0 Å². The van der Waals surface area contributed by atoms with Gasteiger partial charge in [-0.15, -0.1) is 0 Å². The van der Waals surface area contributed by atoms with Gasteiger partial charge < -0.3 is 13.7 Å². The molecule has 0 N–H and O–H groups in total. The number of aromatic nitrogens is 3. The van der Waals surface area contributed by atoms with E-state index in [-0.39, 0.29) is 0 Å². The molecular weight excluding hydrogens is 683 g/mol. The summed E-state index contributed by atoms with van der Waals surface area (Å²) >= 11 is 0. The number of nitriles is 2. The fourth-order valence-electron chi connectivity index (χ4n) is 9.50. The van der Waals surface area contributed by atoms with Gasteiger partial charge in [-0.05, 0) is 108 Å². The van der Waals surface area contributed by atoms with Gasteiger partial charge in [0.2, 0.25) is 0 Å². The lowest BCUT2D eigenvalue weighted by Crippen LogP contribution is -2.31. The maximum Gasteiger partial charge on any atom is 0.102 e. The highest BCUT2D eigenvalue weighted by Crippen LogP contribution is 2.46. The average molecular weight is 722 g/mol. The van der Waals surface area contributed by atoms with E-state index in [1.807, 2.05) is 0 Å². The highest BCUT2D eigenvalue weighted by molar-refractivity contribution is 6.12. The van der Waals surface area contributed by atoms with Crippen molar-refractivity contribution in [3.63, 3.8) is 0 Å². The lowest BCUT2D eigenvalue weighted by Gasteiger charge is -2.33. The highest BCUT2D eigenvalue weighted by Gasteiger charge is 2.36. The minimum absolute atomic E-state index is 0.476. The van der Waals surface area contributed by atoms with E-state index in [0.717, 1.165) is 76.8 Å². The van der Waals surface area contributed by atoms with Crippen LogP contribution in [0.25, 0.3) is 76.8 Å². The Morgan fingerprint density at radius 3 is 1.09 bits per heavy atom. The summed E-state index contributed by atoms with van der Waals surface area (Å²) in [5.41, 5.74) is 13.1. The first-order valence-corrected chi connectivity index (χ1v) is 19.1. The number of rotatable bonds is 4. The first-order chi connectivity index (χ1) is 27.1. The van der Waals surface area contributed by atoms with E-state index in [1.54, 1.807) is 0 Å². The number of para-hydroxylation sites is 2. The summed E-state index contributed by atoms with van der Waals surface area (Å²) in [6.45, 7) is 12.8. The van der Waals surface area contributed by atoms with E-state index in [0.29, 0.717) is 16.7 Å². The van der Waals surface area contributed by atoms with Gasteiger partial charge in [0.25, 0.3) is 0 Å². The topological polar surface area (TPSA) is 62.4 Å². The van der Waals surface area contributed by atoms with E-state index in [2.05, 4.69) is 195 Å². The molecule has 3 aromatic heterocycles. The molecule has 56 heavy (non-hydrogen) atoms. The van der Waals surface area contributed by atoms with Crippen LogP contribution in [0.3, 0.4) is 0 Å². The molecule has 0 aliphatic heterocycles. The molecule has 0 amide bonds. The zero-order valence-electron chi connectivity index (χ0n) is 32.4. The number of benzene rings is 7. The Morgan fingerprint density at radius 1 is 0.411 bits per heavy atom. The van der Waals surface area contributed by atoms with Crippen molar-refractivity contribution in [2.24, 2.45) is 0 Å². The minimum atomic E-state index is -0.874. The molecule has 5 heteroatoms. The van der Waals surface area contributed by atoms with Crippen molar-refractivity contribution in [3.8, 4) is 23.5 Å². The molecule has 0 bridgehead atoms. The molecule has 0 saturated heterocycles. The van der Waals surface area contributed by atoms with Crippen molar-refractivity contribution in [3.05, 3.63) is 166 Å². The number of hydrogen-bond donors (Lipinski definition) is 0. The van der Waals surface area contributed by atoms with Crippen LogP contribution in [0.2, 0.25) is 0 Å². The Kier molecular flexibility index (Phi) is 7.15. The Balaban J connectivity index is 1.44. The predicted octanol–water partition coefficient (Wildman–Crippen LogP) is 12.7. The van der Waals surface area contributed by atoms with E-state index < -0.39 is 5.54 Å². The van der Waals surface area contributed by atoms with Crippen LogP contribution in [0.1, 0.15) is 52.8 Å². The van der Waals surface area contributed by atoms with Crippen LogP contribution in [0.5, 0.6) is 0 Å². The lowest BCUT2D eigenvalue weighted by molar-refractivity contribution is 0.462. The van der Waals surface area contributed by atoms with Crippen LogP contribution in [0.15, 0.2) is 127 Å². The fraction of sp³-hybridized carbons (Fsp3) is 0.137. The molecule has 7 aromatic carbocycles. The Labute approximate surface area is 325 Å². The molecule has 5 nitrogen and oxygen atoms in total. The van der Waals surface area contributed by atoms with E-state index >= 15 is 0 Å². The zero-order chi connectivity index (χ0) is 38.6. The Bertz CT molecular complexity index is 3070. The van der Waals surface area contributed by atoms with Crippen molar-refractivity contribution in [1.29, 1.82) is 10.5 Å². The van der Waals surface area contributed by atoms with Crippen LogP contribution >= 0.6 is 0 Å². The summed E-state index contributed by atoms with van der Waals surface area (Å²) in [5.74, 6) is 0. The third kappa shape index (κ3) is 4.58. The van der Waals surface area contributed by atoms with Crippen molar-refractivity contribution < 1.29 is 0 Å². The SMILES string of the molecule is Cc1ccc2c(c1)c1cc(C)ccc1n2-c1cc(-n2c3ccc(C)cc3c3cc(C)ccc32)c(C#N)c(C(C)(C)n2c3ccccc3c3ccccc32)c1C#N. The molecule has 3 heterocycles. The molecule has 0 saturated carbocycles. The second-order valence-electron chi connectivity index (χ2n) is 15.9. The van der Waals surface area contributed by atoms with Crippen molar-refractivity contribution in [2.45, 2.75) is 47.1 Å². The normalized spacial score (nSPS) is 12.1. The number of nitrogens with zero attached hydrogens (tertiary/aromatic N) is 5. The van der Waals surface area contributed by atoms with Crippen LogP contribution < -0.4 is 0 Å². The number of aryl methyl sites for hydroxylation is 4. The van der Waals surface area contributed by atoms with Gasteiger partial charge in [-0.25, -0.2) is 0 Å². The van der Waals surface area contributed by atoms with Gasteiger partial charge in [0, 0.05) is 48.9 Å². The first kappa shape index (κ1) is 33.5. The van der Waals surface area contributed by atoms with Crippen LogP contribution in [-0.2, 0) is 5.54 Å². The molecule has 10 aromatic rings. The number of fused-ring (bicyclic) bond motifs is 9. The number of hydrogen-bond acceptors (Lipinski definition) is 2. The van der Waals surface area contributed by atoms with E-state index in [4.69, 9.17) is 0 Å². The van der Waals surface area contributed by atoms with Gasteiger partial charge >= 0.3 is 0 Å². The second-order valence-corrected chi connectivity index (χ2v) is 15.9. The quantitative estimate of drug-likeness (QED) is 0.182. The van der Waals surface area contributed by atoms with Crippen molar-refractivity contribution >= 4 is 65.4 Å². The molecule has 0 unspecified atom stereocenters. The maximum atomic E-state index is 11.6. The van der Waals surface area contributed by atoms with Crippen molar-refractivity contribution in [2.75, 3.05) is 0 Å². The molecule has 0 radical (unpaired) electrons. The predicted molar refractivity (Wildman–Crippen MR) is 231 cm³/mol. The highest BCUT2D eigenvalue weighted by atomic mass is 15.1.